The maximum Gasteiger partial charge on any atom is 0.220 e. The topological polar surface area (TPSA) is 55.1 Å². The van der Waals surface area contributed by atoms with E-state index in [0.29, 0.717) is 24.3 Å². The minimum atomic E-state index is 0.182. The lowest BCUT2D eigenvalue weighted by molar-refractivity contribution is -0.122. The van der Waals surface area contributed by atoms with E-state index in [0.717, 1.165) is 13.0 Å². The molecule has 1 aliphatic rings. The highest BCUT2D eigenvalue weighted by Gasteiger charge is 2.32. The number of hydrogen-bond donors (Lipinski definition) is 2. The van der Waals surface area contributed by atoms with E-state index in [1.165, 1.54) is 32.1 Å². The van der Waals surface area contributed by atoms with Crippen molar-refractivity contribution in [3.05, 3.63) is 0 Å². The number of nitrogens with two attached hydrogens (primary N) is 1. The monoisotopic (exact) mass is 240 g/mol. The second-order valence-electron chi connectivity index (χ2n) is 5.55. The highest BCUT2D eigenvalue weighted by atomic mass is 16.1. The van der Waals surface area contributed by atoms with Gasteiger partial charge in [-0.25, -0.2) is 0 Å². The Morgan fingerprint density at radius 3 is 2.47 bits per heavy atom. The fraction of sp³-hybridized carbons (Fsp3) is 0.929. The summed E-state index contributed by atoms with van der Waals surface area (Å²) in [6.07, 6.45) is 7.96. The SMILES string of the molecule is CCC(CN)CC(=O)NCC1(CC)CCCC1. The van der Waals surface area contributed by atoms with Gasteiger partial charge in [0.25, 0.3) is 0 Å². The third-order valence-corrected chi connectivity index (χ3v) is 4.46. The number of nitrogens with one attached hydrogen (secondary N) is 1. The number of rotatable bonds is 7. The van der Waals surface area contributed by atoms with E-state index in [2.05, 4.69) is 19.2 Å². The molecule has 1 unspecified atom stereocenters. The molecule has 0 aromatic rings. The van der Waals surface area contributed by atoms with Crippen LogP contribution in [0.25, 0.3) is 0 Å². The standard InChI is InChI=1S/C14H28N2O/c1-3-12(10-15)9-13(17)16-11-14(4-2)7-5-6-8-14/h12H,3-11,15H2,1-2H3,(H,16,17). The Morgan fingerprint density at radius 2 is 2.00 bits per heavy atom. The van der Waals surface area contributed by atoms with Crippen LogP contribution in [0.5, 0.6) is 0 Å². The Morgan fingerprint density at radius 1 is 1.35 bits per heavy atom. The van der Waals surface area contributed by atoms with Crippen molar-refractivity contribution in [1.29, 1.82) is 0 Å². The van der Waals surface area contributed by atoms with Crippen LogP contribution in [-0.2, 0) is 4.79 Å². The number of carbonyl (C=O) groups is 1. The lowest BCUT2D eigenvalue weighted by atomic mass is 9.83. The van der Waals surface area contributed by atoms with E-state index >= 15 is 0 Å². The first-order valence-electron chi connectivity index (χ1n) is 7.12. The predicted molar refractivity (Wildman–Crippen MR) is 71.7 cm³/mol. The van der Waals surface area contributed by atoms with Crippen LogP contribution in [0.15, 0.2) is 0 Å². The Labute approximate surface area is 106 Å². The summed E-state index contributed by atoms with van der Waals surface area (Å²) in [6.45, 7) is 5.81. The van der Waals surface area contributed by atoms with Gasteiger partial charge in [0.15, 0.2) is 0 Å². The van der Waals surface area contributed by atoms with Crippen molar-refractivity contribution in [2.24, 2.45) is 17.1 Å². The molecule has 1 amide bonds. The van der Waals surface area contributed by atoms with Crippen molar-refractivity contribution in [3.63, 3.8) is 0 Å². The quantitative estimate of drug-likeness (QED) is 0.718. The van der Waals surface area contributed by atoms with Crippen LogP contribution in [0.2, 0.25) is 0 Å². The molecule has 17 heavy (non-hydrogen) atoms. The molecule has 0 aromatic carbocycles. The first-order valence-corrected chi connectivity index (χ1v) is 7.12. The van der Waals surface area contributed by atoms with E-state index < -0.39 is 0 Å². The minimum Gasteiger partial charge on any atom is -0.356 e. The number of hydrogen-bond acceptors (Lipinski definition) is 2. The molecule has 1 rings (SSSR count). The summed E-state index contributed by atoms with van der Waals surface area (Å²) < 4.78 is 0. The van der Waals surface area contributed by atoms with Gasteiger partial charge in [0.2, 0.25) is 5.91 Å². The van der Waals surface area contributed by atoms with Crippen LogP contribution in [0, 0.1) is 11.3 Å². The summed E-state index contributed by atoms with van der Waals surface area (Å²) in [7, 11) is 0. The largest absolute Gasteiger partial charge is 0.356 e. The zero-order valence-corrected chi connectivity index (χ0v) is 11.4. The molecule has 0 spiro atoms. The van der Waals surface area contributed by atoms with Gasteiger partial charge in [0.05, 0.1) is 0 Å². The van der Waals surface area contributed by atoms with E-state index in [9.17, 15) is 4.79 Å². The molecule has 0 saturated heterocycles. The van der Waals surface area contributed by atoms with Gasteiger partial charge >= 0.3 is 0 Å². The van der Waals surface area contributed by atoms with Gasteiger partial charge in [-0.1, -0.05) is 33.1 Å². The molecule has 0 radical (unpaired) electrons. The van der Waals surface area contributed by atoms with E-state index in [-0.39, 0.29) is 5.91 Å². The van der Waals surface area contributed by atoms with Gasteiger partial charge in [-0.05, 0) is 37.1 Å². The highest BCUT2D eigenvalue weighted by Crippen LogP contribution is 2.40. The Hall–Kier alpha value is -0.570. The van der Waals surface area contributed by atoms with Crippen molar-refractivity contribution in [2.75, 3.05) is 13.1 Å². The molecule has 0 heterocycles. The molecule has 3 nitrogen and oxygen atoms in total. The Balaban J connectivity index is 2.31. The summed E-state index contributed by atoms with van der Waals surface area (Å²) in [5.41, 5.74) is 6.01. The van der Waals surface area contributed by atoms with Crippen molar-refractivity contribution in [1.82, 2.24) is 5.32 Å². The van der Waals surface area contributed by atoms with Crippen molar-refractivity contribution >= 4 is 5.91 Å². The third-order valence-electron chi connectivity index (χ3n) is 4.46. The fourth-order valence-corrected chi connectivity index (χ4v) is 2.80. The van der Waals surface area contributed by atoms with Gasteiger partial charge in [0.1, 0.15) is 0 Å². The molecule has 1 saturated carbocycles. The average Bonchev–Trinajstić information content (AvgIpc) is 2.83. The van der Waals surface area contributed by atoms with Gasteiger partial charge in [-0.2, -0.15) is 0 Å². The first kappa shape index (κ1) is 14.5. The second kappa shape index (κ2) is 7.00. The summed E-state index contributed by atoms with van der Waals surface area (Å²) in [4.78, 5) is 11.8. The molecule has 0 bridgehead atoms. The molecule has 0 aliphatic heterocycles. The summed E-state index contributed by atoms with van der Waals surface area (Å²) in [6, 6.07) is 0. The van der Waals surface area contributed by atoms with Crippen LogP contribution < -0.4 is 11.1 Å². The summed E-state index contributed by atoms with van der Waals surface area (Å²) in [5.74, 6) is 0.526. The lowest BCUT2D eigenvalue weighted by Crippen LogP contribution is -2.36. The van der Waals surface area contributed by atoms with E-state index in [1.54, 1.807) is 0 Å². The molecule has 1 aliphatic carbocycles. The van der Waals surface area contributed by atoms with E-state index in [1.807, 2.05) is 0 Å². The minimum absolute atomic E-state index is 0.182. The van der Waals surface area contributed by atoms with Crippen molar-refractivity contribution in [3.8, 4) is 0 Å². The number of carbonyl (C=O) groups excluding carboxylic acids is 1. The first-order chi connectivity index (χ1) is 8.15. The zero-order valence-electron chi connectivity index (χ0n) is 11.4. The predicted octanol–water partition coefficient (Wildman–Crippen LogP) is 2.45. The molecule has 3 heteroatoms. The highest BCUT2D eigenvalue weighted by molar-refractivity contribution is 5.76. The molecular weight excluding hydrogens is 212 g/mol. The molecule has 3 N–H and O–H groups in total. The summed E-state index contributed by atoms with van der Waals surface area (Å²) in [5, 5.41) is 3.12. The fourth-order valence-electron chi connectivity index (χ4n) is 2.80. The van der Waals surface area contributed by atoms with Crippen molar-refractivity contribution in [2.45, 2.75) is 58.8 Å². The average molecular weight is 240 g/mol. The van der Waals surface area contributed by atoms with Crippen LogP contribution in [0.1, 0.15) is 58.8 Å². The van der Waals surface area contributed by atoms with Gasteiger partial charge in [0, 0.05) is 13.0 Å². The maximum absolute atomic E-state index is 11.8. The van der Waals surface area contributed by atoms with Gasteiger partial charge in [-0.15, -0.1) is 0 Å². The van der Waals surface area contributed by atoms with Crippen LogP contribution in [-0.4, -0.2) is 19.0 Å². The van der Waals surface area contributed by atoms with E-state index in [4.69, 9.17) is 5.73 Å². The zero-order chi connectivity index (χ0) is 12.7. The third kappa shape index (κ3) is 4.30. The molecule has 100 valence electrons. The van der Waals surface area contributed by atoms with Gasteiger partial charge in [-0.3, -0.25) is 4.79 Å². The summed E-state index contributed by atoms with van der Waals surface area (Å²) >= 11 is 0. The van der Waals surface area contributed by atoms with Crippen LogP contribution in [0.3, 0.4) is 0 Å². The maximum atomic E-state index is 11.8. The number of amides is 1. The smallest absolute Gasteiger partial charge is 0.220 e. The van der Waals surface area contributed by atoms with Crippen LogP contribution >= 0.6 is 0 Å². The lowest BCUT2D eigenvalue weighted by Gasteiger charge is -2.28. The van der Waals surface area contributed by atoms with Crippen LogP contribution in [0.4, 0.5) is 0 Å². The second-order valence-corrected chi connectivity index (χ2v) is 5.55. The normalized spacial score (nSPS) is 20.2. The Kier molecular flexibility index (Phi) is 5.96. The molecule has 1 fully saturated rings. The van der Waals surface area contributed by atoms with Crippen molar-refractivity contribution < 1.29 is 4.79 Å². The molecule has 1 atom stereocenters. The Bertz CT molecular complexity index is 230. The molecular formula is C14H28N2O. The van der Waals surface area contributed by atoms with Gasteiger partial charge < -0.3 is 11.1 Å². The molecule has 0 aromatic heterocycles.